The zero-order valence-corrected chi connectivity index (χ0v) is 8.72. The first kappa shape index (κ1) is 12.4. The third-order valence-electron chi connectivity index (χ3n) is 2.11. The highest BCUT2D eigenvalue weighted by molar-refractivity contribution is 5.78. The highest BCUT2D eigenvalue weighted by Crippen LogP contribution is 2.05. The molecule has 0 saturated carbocycles. The quantitative estimate of drug-likeness (QED) is 0.628. The lowest BCUT2D eigenvalue weighted by Gasteiger charge is -2.27. The fourth-order valence-corrected chi connectivity index (χ4v) is 0.851. The molecule has 13 heavy (non-hydrogen) atoms. The van der Waals surface area contributed by atoms with E-state index in [0.29, 0.717) is 13.2 Å². The largest absolute Gasteiger partial charge is 0.372 e. The predicted molar refractivity (Wildman–Crippen MR) is 52.4 cm³/mol. The van der Waals surface area contributed by atoms with E-state index in [9.17, 15) is 4.79 Å². The number of nitrogens with one attached hydrogen (secondary N) is 1. The Bertz CT molecular complexity index is 156. The lowest BCUT2D eigenvalue weighted by Crippen LogP contribution is -2.51. The second-order valence-corrected chi connectivity index (χ2v) is 3.30. The van der Waals surface area contributed by atoms with Crippen LogP contribution < -0.4 is 11.1 Å². The van der Waals surface area contributed by atoms with Gasteiger partial charge in [0.2, 0.25) is 5.91 Å². The maximum Gasteiger partial charge on any atom is 0.246 e. The summed E-state index contributed by atoms with van der Waals surface area (Å²) in [5, 5.41) is 2.84. The molecule has 1 amide bonds. The van der Waals surface area contributed by atoms with E-state index < -0.39 is 0 Å². The van der Waals surface area contributed by atoms with Gasteiger partial charge in [-0.25, -0.2) is 0 Å². The number of carbonyl (C=O) groups is 1. The molecule has 0 spiro atoms. The molecule has 0 aliphatic carbocycles. The number of carbonyl (C=O) groups excluding carboxylic acids is 1. The molecule has 0 radical (unpaired) electrons. The van der Waals surface area contributed by atoms with Gasteiger partial charge in [0.25, 0.3) is 0 Å². The normalized spacial score (nSPS) is 15.1. The Labute approximate surface area is 79.8 Å². The molecule has 0 aliphatic heterocycles. The summed E-state index contributed by atoms with van der Waals surface area (Å²) in [6.45, 7) is 6.90. The Balaban J connectivity index is 3.87. The third-order valence-corrected chi connectivity index (χ3v) is 2.11. The monoisotopic (exact) mass is 188 g/mol. The second-order valence-electron chi connectivity index (χ2n) is 3.30. The van der Waals surface area contributed by atoms with E-state index in [1.165, 1.54) is 0 Å². The van der Waals surface area contributed by atoms with Crippen LogP contribution in [0.25, 0.3) is 0 Å². The van der Waals surface area contributed by atoms with Gasteiger partial charge in [-0.05, 0) is 20.3 Å². The van der Waals surface area contributed by atoms with Crippen molar-refractivity contribution in [1.82, 2.24) is 5.32 Å². The van der Waals surface area contributed by atoms with Crippen molar-refractivity contribution < 1.29 is 9.53 Å². The Morgan fingerprint density at radius 1 is 1.54 bits per heavy atom. The maximum absolute atomic E-state index is 11.2. The van der Waals surface area contributed by atoms with Crippen molar-refractivity contribution in [1.29, 1.82) is 0 Å². The molecule has 0 heterocycles. The van der Waals surface area contributed by atoms with Gasteiger partial charge in [-0.1, -0.05) is 6.92 Å². The number of rotatable bonds is 6. The van der Waals surface area contributed by atoms with Crippen LogP contribution in [-0.2, 0) is 9.53 Å². The number of ether oxygens (including phenoxy) is 1. The van der Waals surface area contributed by atoms with Gasteiger partial charge in [0.05, 0.1) is 0 Å². The highest BCUT2D eigenvalue weighted by atomic mass is 16.5. The molecule has 1 atom stereocenters. The molecule has 1 unspecified atom stereocenters. The molecule has 78 valence electrons. The molecule has 3 N–H and O–H groups in total. The van der Waals surface area contributed by atoms with E-state index >= 15 is 0 Å². The maximum atomic E-state index is 11.2. The lowest BCUT2D eigenvalue weighted by molar-refractivity contribution is -0.127. The average Bonchev–Trinajstić information content (AvgIpc) is 2.14. The van der Waals surface area contributed by atoms with E-state index in [1.807, 2.05) is 20.8 Å². The fraction of sp³-hybridized carbons (Fsp3) is 0.889. The molecule has 4 nitrogen and oxygen atoms in total. The van der Waals surface area contributed by atoms with Gasteiger partial charge in [-0.2, -0.15) is 0 Å². The van der Waals surface area contributed by atoms with E-state index in [2.05, 4.69) is 5.32 Å². The predicted octanol–water partition coefficient (Wildman–Crippen LogP) is 0.267. The highest BCUT2D eigenvalue weighted by Gasteiger charge is 2.21. The van der Waals surface area contributed by atoms with Crippen LogP contribution in [0.2, 0.25) is 0 Å². The zero-order valence-electron chi connectivity index (χ0n) is 8.72. The molecule has 0 aromatic rings. The summed E-state index contributed by atoms with van der Waals surface area (Å²) in [6.07, 6.45) is 0.821. The summed E-state index contributed by atoms with van der Waals surface area (Å²) in [5.41, 5.74) is 5.24. The third kappa shape index (κ3) is 4.85. The zero-order chi connectivity index (χ0) is 10.3. The minimum absolute atomic E-state index is 0.100. The summed E-state index contributed by atoms with van der Waals surface area (Å²) in [7, 11) is 0. The lowest BCUT2D eigenvalue weighted by atomic mass is 9.99. The van der Waals surface area contributed by atoms with Crippen LogP contribution in [0.5, 0.6) is 0 Å². The van der Waals surface area contributed by atoms with E-state index in [1.54, 1.807) is 0 Å². The Hall–Kier alpha value is -0.610. The number of amides is 1. The van der Waals surface area contributed by atoms with Crippen LogP contribution >= 0.6 is 0 Å². The van der Waals surface area contributed by atoms with Crippen molar-refractivity contribution in [3.63, 3.8) is 0 Å². The first-order chi connectivity index (χ1) is 6.08. The summed E-state index contributed by atoms with van der Waals surface area (Å²) in [6, 6.07) is 0. The van der Waals surface area contributed by atoms with Gasteiger partial charge >= 0.3 is 0 Å². The van der Waals surface area contributed by atoms with Crippen molar-refractivity contribution in [2.75, 3.05) is 19.8 Å². The SMILES string of the molecule is CCOCC(=O)NC(C)(CC)CN. The minimum atomic E-state index is -0.297. The molecule has 0 aromatic heterocycles. The van der Waals surface area contributed by atoms with Crippen LogP contribution in [0.4, 0.5) is 0 Å². The van der Waals surface area contributed by atoms with Crippen molar-refractivity contribution in [3.8, 4) is 0 Å². The summed E-state index contributed by atoms with van der Waals surface area (Å²) in [5.74, 6) is -0.100. The van der Waals surface area contributed by atoms with Gasteiger partial charge in [0.15, 0.2) is 0 Å². The van der Waals surface area contributed by atoms with E-state index in [4.69, 9.17) is 10.5 Å². The van der Waals surface area contributed by atoms with Gasteiger partial charge < -0.3 is 15.8 Å². The van der Waals surface area contributed by atoms with Crippen molar-refractivity contribution in [2.24, 2.45) is 5.73 Å². The first-order valence-corrected chi connectivity index (χ1v) is 4.66. The smallest absolute Gasteiger partial charge is 0.246 e. The van der Waals surface area contributed by atoms with Crippen LogP contribution in [0.3, 0.4) is 0 Å². The first-order valence-electron chi connectivity index (χ1n) is 4.66. The summed E-state index contributed by atoms with van der Waals surface area (Å²) in [4.78, 5) is 11.2. The van der Waals surface area contributed by atoms with Gasteiger partial charge in [-0.3, -0.25) is 4.79 Å². The second kappa shape index (κ2) is 5.94. The van der Waals surface area contributed by atoms with Crippen LogP contribution in [0.1, 0.15) is 27.2 Å². The van der Waals surface area contributed by atoms with Crippen LogP contribution in [0, 0.1) is 0 Å². The molecule has 0 bridgehead atoms. The van der Waals surface area contributed by atoms with Gasteiger partial charge in [-0.15, -0.1) is 0 Å². The fourth-order valence-electron chi connectivity index (χ4n) is 0.851. The van der Waals surface area contributed by atoms with Crippen molar-refractivity contribution >= 4 is 5.91 Å². The number of nitrogens with two attached hydrogens (primary N) is 1. The van der Waals surface area contributed by atoms with E-state index in [-0.39, 0.29) is 18.1 Å². The van der Waals surface area contributed by atoms with Crippen molar-refractivity contribution in [2.45, 2.75) is 32.7 Å². The summed E-state index contributed by atoms with van der Waals surface area (Å²) >= 11 is 0. The minimum Gasteiger partial charge on any atom is -0.372 e. The molecule has 0 aliphatic rings. The molecule has 4 heteroatoms. The average molecular weight is 188 g/mol. The van der Waals surface area contributed by atoms with Crippen LogP contribution in [-0.4, -0.2) is 31.2 Å². The Kier molecular flexibility index (Phi) is 5.66. The Morgan fingerprint density at radius 2 is 2.15 bits per heavy atom. The molecule has 0 saturated heterocycles. The topological polar surface area (TPSA) is 64.3 Å². The molecular weight excluding hydrogens is 168 g/mol. The standard InChI is InChI=1S/C9H20N2O2/c1-4-9(3,7-10)11-8(12)6-13-5-2/h4-7,10H2,1-3H3,(H,11,12). The van der Waals surface area contributed by atoms with Gasteiger partial charge in [0.1, 0.15) is 6.61 Å². The van der Waals surface area contributed by atoms with E-state index in [0.717, 1.165) is 6.42 Å². The molecule has 0 aromatic carbocycles. The van der Waals surface area contributed by atoms with Gasteiger partial charge in [0, 0.05) is 18.7 Å². The molecular formula is C9H20N2O2. The number of hydrogen-bond acceptors (Lipinski definition) is 3. The number of hydrogen-bond donors (Lipinski definition) is 2. The molecule has 0 fully saturated rings. The van der Waals surface area contributed by atoms with Crippen molar-refractivity contribution in [3.05, 3.63) is 0 Å². The Morgan fingerprint density at radius 3 is 2.54 bits per heavy atom. The summed E-state index contributed by atoms with van der Waals surface area (Å²) < 4.78 is 4.98. The molecule has 0 rings (SSSR count). The van der Waals surface area contributed by atoms with Crippen LogP contribution in [0.15, 0.2) is 0 Å².